The van der Waals surface area contributed by atoms with Gasteiger partial charge >= 0.3 is 0 Å². The van der Waals surface area contributed by atoms with E-state index in [4.69, 9.17) is 0 Å². The van der Waals surface area contributed by atoms with E-state index in [0.717, 1.165) is 25.8 Å². The van der Waals surface area contributed by atoms with Gasteiger partial charge in [-0.2, -0.15) is 0 Å². The van der Waals surface area contributed by atoms with Crippen molar-refractivity contribution >= 4 is 11.7 Å². The molecule has 94 valence electrons. The Balaban J connectivity index is 3.54. The van der Waals surface area contributed by atoms with E-state index in [0.29, 0.717) is 12.8 Å². The number of amides is 1. The second-order valence-electron chi connectivity index (χ2n) is 5.23. The summed E-state index contributed by atoms with van der Waals surface area (Å²) in [6.07, 6.45) is 3.71. The summed E-state index contributed by atoms with van der Waals surface area (Å²) < 4.78 is 0. The molecule has 1 N–H and O–H groups in total. The fourth-order valence-corrected chi connectivity index (χ4v) is 1.30. The van der Waals surface area contributed by atoms with Crippen LogP contribution >= 0.6 is 0 Å². The van der Waals surface area contributed by atoms with Gasteiger partial charge < -0.3 is 5.32 Å². The monoisotopic (exact) mass is 227 g/mol. The molecule has 0 spiro atoms. The highest BCUT2D eigenvalue weighted by Crippen LogP contribution is 2.18. The van der Waals surface area contributed by atoms with E-state index in [1.165, 1.54) is 0 Å². The molecule has 0 aromatic carbocycles. The van der Waals surface area contributed by atoms with E-state index in [-0.39, 0.29) is 17.1 Å². The molecule has 3 heteroatoms. The van der Waals surface area contributed by atoms with Crippen molar-refractivity contribution in [3.63, 3.8) is 0 Å². The predicted octanol–water partition coefficient (Wildman–Crippen LogP) is 2.69. The van der Waals surface area contributed by atoms with E-state index in [2.05, 4.69) is 5.32 Å². The van der Waals surface area contributed by atoms with E-state index in [9.17, 15) is 9.59 Å². The summed E-state index contributed by atoms with van der Waals surface area (Å²) in [5.41, 5.74) is -0.246. The van der Waals surface area contributed by atoms with Gasteiger partial charge in [-0.3, -0.25) is 9.59 Å². The number of ketones is 1. The molecule has 0 atom stereocenters. The first-order valence-corrected chi connectivity index (χ1v) is 6.18. The first-order chi connectivity index (χ1) is 7.38. The number of hydrogen-bond donors (Lipinski definition) is 1. The quantitative estimate of drug-likeness (QED) is 0.680. The maximum Gasteiger partial charge on any atom is 0.219 e. The lowest BCUT2D eigenvalue weighted by Gasteiger charge is -2.16. The predicted molar refractivity (Wildman–Crippen MR) is 66.2 cm³/mol. The lowest BCUT2D eigenvalue weighted by molar-refractivity contribution is -0.126. The van der Waals surface area contributed by atoms with Crippen LogP contribution in [0.3, 0.4) is 0 Å². The Hall–Kier alpha value is -0.860. The molecular weight excluding hydrogens is 202 g/mol. The molecule has 0 saturated carbocycles. The third-order valence-corrected chi connectivity index (χ3v) is 2.47. The van der Waals surface area contributed by atoms with Gasteiger partial charge in [0, 0.05) is 24.8 Å². The van der Waals surface area contributed by atoms with Crippen LogP contribution in [-0.4, -0.2) is 18.2 Å². The maximum absolute atomic E-state index is 11.6. The van der Waals surface area contributed by atoms with Crippen LogP contribution in [0, 0.1) is 5.41 Å². The third-order valence-electron chi connectivity index (χ3n) is 2.47. The summed E-state index contributed by atoms with van der Waals surface area (Å²) in [5, 5.41) is 2.83. The summed E-state index contributed by atoms with van der Waals surface area (Å²) in [6.45, 7) is 8.58. The van der Waals surface area contributed by atoms with Crippen LogP contribution < -0.4 is 5.32 Å². The van der Waals surface area contributed by atoms with Gasteiger partial charge in [0.05, 0.1) is 0 Å². The van der Waals surface area contributed by atoms with Gasteiger partial charge in [-0.15, -0.1) is 0 Å². The van der Waals surface area contributed by atoms with Crippen LogP contribution in [0.15, 0.2) is 0 Å². The molecule has 16 heavy (non-hydrogen) atoms. The Morgan fingerprint density at radius 2 is 1.62 bits per heavy atom. The average Bonchev–Trinajstić information content (AvgIpc) is 2.19. The normalized spacial score (nSPS) is 11.2. The summed E-state index contributed by atoms with van der Waals surface area (Å²) in [5.74, 6) is 0.381. The highest BCUT2D eigenvalue weighted by atomic mass is 16.1. The summed E-state index contributed by atoms with van der Waals surface area (Å²) in [4.78, 5) is 22.8. The number of carbonyl (C=O) groups is 2. The van der Waals surface area contributed by atoms with E-state index in [1.807, 2.05) is 27.7 Å². The molecule has 0 rings (SSSR count). The second-order valence-corrected chi connectivity index (χ2v) is 5.23. The number of rotatable bonds is 7. The minimum absolute atomic E-state index is 0.102. The Morgan fingerprint density at radius 1 is 1.06 bits per heavy atom. The maximum atomic E-state index is 11.6. The van der Waals surface area contributed by atoms with Crippen molar-refractivity contribution in [2.24, 2.45) is 5.41 Å². The van der Waals surface area contributed by atoms with Crippen molar-refractivity contribution in [2.45, 2.75) is 59.8 Å². The van der Waals surface area contributed by atoms with Gasteiger partial charge in [-0.25, -0.2) is 0 Å². The number of unbranched alkanes of at least 4 members (excludes halogenated alkanes) is 1. The van der Waals surface area contributed by atoms with Crippen LogP contribution in [0.25, 0.3) is 0 Å². The van der Waals surface area contributed by atoms with Crippen molar-refractivity contribution in [1.29, 1.82) is 0 Å². The lowest BCUT2D eigenvalue weighted by Crippen LogP contribution is -2.23. The van der Waals surface area contributed by atoms with E-state index >= 15 is 0 Å². The highest BCUT2D eigenvalue weighted by Gasteiger charge is 2.20. The first kappa shape index (κ1) is 15.1. The zero-order valence-corrected chi connectivity index (χ0v) is 11.1. The molecule has 3 nitrogen and oxygen atoms in total. The Bertz CT molecular complexity index is 229. The number of nitrogens with one attached hydrogen (secondary N) is 1. The number of Topliss-reactive ketones (excluding diaryl/α,β-unsaturated/α-hetero) is 1. The number of hydrogen-bond acceptors (Lipinski definition) is 2. The van der Waals surface area contributed by atoms with Gasteiger partial charge in [0.1, 0.15) is 5.78 Å². The van der Waals surface area contributed by atoms with Crippen LogP contribution in [0.5, 0.6) is 0 Å². The molecule has 0 aromatic rings. The van der Waals surface area contributed by atoms with Crippen molar-refractivity contribution in [3.05, 3.63) is 0 Å². The molecule has 0 bridgehead atoms. The minimum atomic E-state index is -0.246. The molecule has 0 unspecified atom stereocenters. The molecular formula is C13H25NO2. The van der Waals surface area contributed by atoms with E-state index in [1.54, 1.807) is 0 Å². The molecule has 1 amide bonds. The van der Waals surface area contributed by atoms with Gasteiger partial charge in [0.15, 0.2) is 0 Å². The van der Waals surface area contributed by atoms with Crippen LogP contribution in [0.4, 0.5) is 0 Å². The van der Waals surface area contributed by atoms with Gasteiger partial charge in [0.25, 0.3) is 0 Å². The summed E-state index contributed by atoms with van der Waals surface area (Å²) >= 11 is 0. The topological polar surface area (TPSA) is 46.2 Å². The molecule has 0 fully saturated rings. The lowest BCUT2D eigenvalue weighted by atomic mass is 9.88. The molecule has 0 heterocycles. The van der Waals surface area contributed by atoms with Crippen LogP contribution in [0.2, 0.25) is 0 Å². The molecule has 0 aliphatic heterocycles. The first-order valence-electron chi connectivity index (χ1n) is 6.18. The smallest absolute Gasteiger partial charge is 0.219 e. The number of carbonyl (C=O) groups excluding carboxylic acids is 2. The Labute approximate surface area is 99.0 Å². The SMILES string of the molecule is CCCNC(=O)CCCCC(=O)C(C)(C)C. The third kappa shape index (κ3) is 7.43. The molecule has 0 aliphatic carbocycles. The van der Waals surface area contributed by atoms with Crippen LogP contribution in [0.1, 0.15) is 59.8 Å². The molecule has 0 aromatic heterocycles. The largest absolute Gasteiger partial charge is 0.356 e. The van der Waals surface area contributed by atoms with Crippen molar-refractivity contribution in [3.8, 4) is 0 Å². The van der Waals surface area contributed by atoms with Gasteiger partial charge in [0.2, 0.25) is 5.91 Å². The zero-order valence-electron chi connectivity index (χ0n) is 11.1. The standard InChI is InChI=1S/C13H25NO2/c1-5-10-14-12(16)9-7-6-8-11(15)13(2,3)4/h5-10H2,1-4H3,(H,14,16). The van der Waals surface area contributed by atoms with Crippen molar-refractivity contribution < 1.29 is 9.59 Å². The second kappa shape index (κ2) is 7.42. The van der Waals surface area contributed by atoms with Crippen molar-refractivity contribution in [1.82, 2.24) is 5.32 Å². The Morgan fingerprint density at radius 3 is 2.12 bits per heavy atom. The highest BCUT2D eigenvalue weighted by molar-refractivity contribution is 5.83. The Kier molecular flexibility index (Phi) is 7.02. The summed E-state index contributed by atoms with van der Waals surface area (Å²) in [7, 11) is 0. The van der Waals surface area contributed by atoms with Gasteiger partial charge in [-0.1, -0.05) is 27.7 Å². The van der Waals surface area contributed by atoms with Crippen molar-refractivity contribution in [2.75, 3.05) is 6.54 Å². The molecule has 0 radical (unpaired) electrons. The van der Waals surface area contributed by atoms with Crippen LogP contribution in [-0.2, 0) is 9.59 Å². The van der Waals surface area contributed by atoms with Gasteiger partial charge in [-0.05, 0) is 19.3 Å². The minimum Gasteiger partial charge on any atom is -0.356 e. The summed E-state index contributed by atoms with van der Waals surface area (Å²) in [6, 6.07) is 0. The molecule has 0 saturated heterocycles. The molecule has 0 aliphatic rings. The fourth-order valence-electron chi connectivity index (χ4n) is 1.30. The van der Waals surface area contributed by atoms with E-state index < -0.39 is 0 Å². The zero-order chi connectivity index (χ0) is 12.6. The average molecular weight is 227 g/mol. The fraction of sp³-hybridized carbons (Fsp3) is 0.846.